The van der Waals surface area contributed by atoms with Crippen LogP contribution in [0.25, 0.3) is 0 Å². The molecule has 0 spiro atoms. The summed E-state index contributed by atoms with van der Waals surface area (Å²) in [7, 11) is -2.40. The van der Waals surface area contributed by atoms with E-state index in [1.807, 2.05) is 20.0 Å². The first kappa shape index (κ1) is 21.5. The van der Waals surface area contributed by atoms with E-state index in [-0.39, 0.29) is 5.91 Å². The third-order valence-electron chi connectivity index (χ3n) is 5.01. The van der Waals surface area contributed by atoms with Crippen molar-refractivity contribution in [1.82, 2.24) is 28.6 Å². The number of nitrogens with zero attached hydrogens (tertiary/aromatic N) is 5. The predicted molar refractivity (Wildman–Crippen MR) is 109 cm³/mol. The second-order valence-electron chi connectivity index (χ2n) is 7.80. The van der Waals surface area contributed by atoms with Crippen LogP contribution in [0.5, 0.6) is 0 Å². The normalized spacial score (nSPS) is 22.1. The highest BCUT2D eigenvalue weighted by Gasteiger charge is 2.41. The van der Waals surface area contributed by atoms with Crippen molar-refractivity contribution in [2.45, 2.75) is 59.3 Å². The maximum absolute atomic E-state index is 12.9. The fourth-order valence-corrected chi connectivity index (χ4v) is 4.74. The zero-order valence-corrected chi connectivity index (χ0v) is 18.3. The summed E-state index contributed by atoms with van der Waals surface area (Å²) in [5.74, 6) is 0.0411. The first-order valence-corrected chi connectivity index (χ1v) is 11.2. The second-order valence-corrected chi connectivity index (χ2v) is 9.56. The SMILES string of the molecule is CCn1cc([C@H]2C[C@H](C(=O)Nc3cnn(CC(C)C)c3)N(C)S(=O)(=O)N2)c(C)n1. The number of aromatic nitrogens is 4. The number of hydrogen-bond acceptors (Lipinski definition) is 5. The summed E-state index contributed by atoms with van der Waals surface area (Å²) in [6.45, 7) is 9.39. The minimum Gasteiger partial charge on any atom is -0.322 e. The van der Waals surface area contributed by atoms with Gasteiger partial charge in [0, 0.05) is 38.1 Å². The number of nitrogens with one attached hydrogen (secondary N) is 2. The molecule has 1 fully saturated rings. The van der Waals surface area contributed by atoms with Gasteiger partial charge in [-0.1, -0.05) is 13.8 Å². The molecular formula is C18H29N7O3S. The van der Waals surface area contributed by atoms with Crippen LogP contribution in [0.1, 0.15) is 44.5 Å². The number of likely N-dealkylation sites (N-methyl/N-ethyl adjacent to an activating group) is 1. The quantitative estimate of drug-likeness (QED) is 0.726. The van der Waals surface area contributed by atoms with Crippen LogP contribution in [0.3, 0.4) is 0 Å². The van der Waals surface area contributed by atoms with Crippen LogP contribution in [0.2, 0.25) is 0 Å². The Bertz CT molecular complexity index is 979. The van der Waals surface area contributed by atoms with Gasteiger partial charge in [0.15, 0.2) is 0 Å². The number of rotatable bonds is 6. The van der Waals surface area contributed by atoms with E-state index in [2.05, 4.69) is 34.1 Å². The van der Waals surface area contributed by atoms with Crippen molar-refractivity contribution in [3.05, 3.63) is 29.8 Å². The molecule has 0 aliphatic carbocycles. The molecule has 2 aromatic rings. The maximum atomic E-state index is 12.9. The first-order valence-electron chi connectivity index (χ1n) is 9.73. The van der Waals surface area contributed by atoms with Crippen LogP contribution >= 0.6 is 0 Å². The summed E-state index contributed by atoms with van der Waals surface area (Å²) in [6, 6.07) is -1.36. The van der Waals surface area contributed by atoms with Gasteiger partial charge in [-0.05, 0) is 26.2 Å². The van der Waals surface area contributed by atoms with Crippen LogP contribution in [0, 0.1) is 12.8 Å². The van der Waals surface area contributed by atoms with Crippen LogP contribution in [0.4, 0.5) is 5.69 Å². The molecular weight excluding hydrogens is 394 g/mol. The van der Waals surface area contributed by atoms with Crippen LogP contribution in [0.15, 0.2) is 18.6 Å². The topological polar surface area (TPSA) is 114 Å². The average Bonchev–Trinajstić information content (AvgIpc) is 3.22. The number of amides is 1. The van der Waals surface area contributed by atoms with Crippen molar-refractivity contribution in [1.29, 1.82) is 0 Å². The smallest absolute Gasteiger partial charge is 0.280 e. The second kappa shape index (κ2) is 8.25. The van der Waals surface area contributed by atoms with E-state index in [1.54, 1.807) is 21.8 Å². The van der Waals surface area contributed by atoms with Crippen LogP contribution in [-0.4, -0.2) is 51.3 Å². The standard InChI is InChI=1S/C18H29N7O3S/c1-6-24-11-15(13(4)21-24)16-7-17(23(5)29(27,28)22-16)18(26)20-14-8-19-25(10-14)9-12(2)3/h8,10-12,16-17,22H,6-7,9H2,1-5H3,(H,20,26)/t16-,17-/m1/s1. The fraction of sp³-hybridized carbons (Fsp3) is 0.611. The van der Waals surface area contributed by atoms with Gasteiger partial charge in [0.05, 0.1) is 23.6 Å². The lowest BCUT2D eigenvalue weighted by Gasteiger charge is -2.35. The van der Waals surface area contributed by atoms with Gasteiger partial charge in [-0.3, -0.25) is 14.2 Å². The highest BCUT2D eigenvalue weighted by atomic mass is 32.2. The molecule has 0 aromatic carbocycles. The zero-order chi connectivity index (χ0) is 21.3. The number of anilines is 1. The Labute approximate surface area is 171 Å². The highest BCUT2D eigenvalue weighted by Crippen LogP contribution is 2.30. The van der Waals surface area contributed by atoms with E-state index in [4.69, 9.17) is 0 Å². The summed E-state index contributed by atoms with van der Waals surface area (Å²) in [5.41, 5.74) is 2.08. The maximum Gasteiger partial charge on any atom is 0.280 e. The third-order valence-corrected chi connectivity index (χ3v) is 6.60. The molecule has 29 heavy (non-hydrogen) atoms. The Kier molecular flexibility index (Phi) is 6.11. The summed E-state index contributed by atoms with van der Waals surface area (Å²) < 4.78 is 32.5. The number of carbonyl (C=O) groups is 1. The molecule has 1 saturated heterocycles. The summed E-state index contributed by atoms with van der Waals surface area (Å²) in [4.78, 5) is 12.9. The van der Waals surface area contributed by atoms with Crippen molar-refractivity contribution in [2.75, 3.05) is 12.4 Å². The van der Waals surface area contributed by atoms with Crippen molar-refractivity contribution in [3.8, 4) is 0 Å². The molecule has 0 unspecified atom stereocenters. The van der Waals surface area contributed by atoms with Gasteiger partial charge in [0.1, 0.15) is 6.04 Å². The monoisotopic (exact) mass is 423 g/mol. The molecule has 3 heterocycles. The van der Waals surface area contributed by atoms with Gasteiger partial charge in [0.25, 0.3) is 10.2 Å². The van der Waals surface area contributed by atoms with Crippen LogP contribution < -0.4 is 10.0 Å². The van der Waals surface area contributed by atoms with Gasteiger partial charge in [-0.25, -0.2) is 0 Å². The largest absolute Gasteiger partial charge is 0.322 e. The zero-order valence-electron chi connectivity index (χ0n) is 17.5. The third kappa shape index (κ3) is 4.68. The molecule has 0 bridgehead atoms. The Morgan fingerprint density at radius 1 is 1.34 bits per heavy atom. The molecule has 1 amide bonds. The molecule has 160 valence electrons. The highest BCUT2D eigenvalue weighted by molar-refractivity contribution is 7.87. The summed E-state index contributed by atoms with van der Waals surface area (Å²) >= 11 is 0. The Morgan fingerprint density at radius 2 is 2.07 bits per heavy atom. The average molecular weight is 424 g/mol. The van der Waals surface area contributed by atoms with E-state index in [9.17, 15) is 13.2 Å². The molecule has 0 radical (unpaired) electrons. The van der Waals surface area contributed by atoms with Crippen molar-refractivity contribution in [2.24, 2.45) is 5.92 Å². The van der Waals surface area contributed by atoms with E-state index in [0.29, 0.717) is 24.6 Å². The lowest BCUT2D eigenvalue weighted by Crippen LogP contribution is -2.56. The number of hydrogen-bond donors (Lipinski definition) is 2. The van der Waals surface area contributed by atoms with Gasteiger partial charge in [-0.2, -0.15) is 27.6 Å². The molecule has 0 saturated carbocycles. The van der Waals surface area contributed by atoms with Crippen molar-refractivity contribution < 1.29 is 13.2 Å². The molecule has 3 rings (SSSR count). The van der Waals surface area contributed by atoms with Crippen molar-refractivity contribution in [3.63, 3.8) is 0 Å². The molecule has 2 atom stereocenters. The molecule has 11 heteroatoms. The molecule has 2 aromatic heterocycles. The van der Waals surface area contributed by atoms with E-state index in [0.717, 1.165) is 22.1 Å². The fourth-order valence-electron chi connectivity index (χ4n) is 3.48. The lowest BCUT2D eigenvalue weighted by atomic mass is 10.00. The summed E-state index contributed by atoms with van der Waals surface area (Å²) in [5, 5.41) is 11.4. The van der Waals surface area contributed by atoms with Crippen molar-refractivity contribution >= 4 is 21.8 Å². The van der Waals surface area contributed by atoms with Gasteiger partial charge in [-0.15, -0.1) is 0 Å². The van der Waals surface area contributed by atoms with Crippen LogP contribution in [-0.2, 0) is 28.1 Å². The minimum atomic E-state index is -3.81. The molecule has 10 nitrogen and oxygen atoms in total. The van der Waals surface area contributed by atoms with Gasteiger partial charge < -0.3 is 5.32 Å². The first-order chi connectivity index (χ1) is 13.6. The van der Waals surface area contributed by atoms with Gasteiger partial charge >= 0.3 is 0 Å². The predicted octanol–water partition coefficient (Wildman–Crippen LogP) is 1.28. The van der Waals surface area contributed by atoms with E-state index in [1.165, 1.54) is 7.05 Å². The Balaban J connectivity index is 1.80. The number of aryl methyl sites for hydroxylation is 2. The van der Waals surface area contributed by atoms with E-state index >= 15 is 0 Å². The minimum absolute atomic E-state index is 0.304. The van der Waals surface area contributed by atoms with E-state index < -0.39 is 22.3 Å². The van der Waals surface area contributed by atoms with Gasteiger partial charge in [0.2, 0.25) is 5.91 Å². The lowest BCUT2D eigenvalue weighted by molar-refractivity contribution is -0.120. The molecule has 1 aliphatic heterocycles. The Hall–Kier alpha value is -2.24. The molecule has 1 aliphatic rings. The summed E-state index contributed by atoms with van der Waals surface area (Å²) in [6.07, 6.45) is 5.46. The molecule has 2 N–H and O–H groups in total. The number of carbonyl (C=O) groups excluding carboxylic acids is 1. The Morgan fingerprint density at radius 3 is 2.69 bits per heavy atom.